The van der Waals surface area contributed by atoms with Gasteiger partial charge in [-0.15, -0.1) is 0 Å². The van der Waals surface area contributed by atoms with E-state index in [1.807, 2.05) is 26.0 Å². The fourth-order valence-electron chi connectivity index (χ4n) is 2.12. The van der Waals surface area contributed by atoms with Gasteiger partial charge in [-0.2, -0.15) is 0 Å². The molecule has 2 rings (SSSR count). The minimum atomic E-state index is -0.513. The van der Waals surface area contributed by atoms with Crippen molar-refractivity contribution in [2.75, 3.05) is 5.32 Å². The highest BCUT2D eigenvalue weighted by molar-refractivity contribution is 6.33. The Morgan fingerprint density at radius 3 is 2.62 bits per heavy atom. The summed E-state index contributed by atoms with van der Waals surface area (Å²) in [6, 6.07) is 10.1. The fraction of sp³-hybridized carbons (Fsp3) is 0.188. The molecule has 0 heterocycles. The van der Waals surface area contributed by atoms with E-state index in [0.29, 0.717) is 16.3 Å². The van der Waals surface area contributed by atoms with Gasteiger partial charge in [0, 0.05) is 11.1 Å². The molecule has 2 aromatic rings. The molecule has 1 amide bonds. The van der Waals surface area contributed by atoms with Crippen LogP contribution in [0.1, 0.15) is 34.5 Å². The Balaban J connectivity index is 2.28. The average molecular weight is 305 g/mol. The number of benzene rings is 2. The largest absolute Gasteiger partial charge is 0.508 e. The molecule has 1 unspecified atom stereocenters. The Bertz CT molecular complexity index is 686. The molecule has 110 valence electrons. The predicted molar refractivity (Wildman–Crippen MR) is 84.9 cm³/mol. The zero-order valence-electron chi connectivity index (χ0n) is 11.9. The zero-order chi connectivity index (χ0) is 15.6. The summed E-state index contributed by atoms with van der Waals surface area (Å²) in [5, 5.41) is 13.7. The molecule has 0 aliphatic heterocycles. The maximum atomic E-state index is 11.2. The topological polar surface area (TPSA) is 75.3 Å². The first kappa shape index (κ1) is 15.2. The number of amides is 1. The van der Waals surface area contributed by atoms with Gasteiger partial charge >= 0.3 is 0 Å². The molecule has 0 aliphatic carbocycles. The van der Waals surface area contributed by atoms with Gasteiger partial charge in [-0.3, -0.25) is 4.79 Å². The molecule has 1 atom stereocenters. The van der Waals surface area contributed by atoms with Crippen LogP contribution in [0, 0.1) is 6.92 Å². The maximum absolute atomic E-state index is 11.2. The van der Waals surface area contributed by atoms with Crippen LogP contribution in [-0.4, -0.2) is 11.0 Å². The van der Waals surface area contributed by atoms with Gasteiger partial charge in [0.15, 0.2) is 0 Å². The Labute approximate surface area is 128 Å². The molecule has 0 fully saturated rings. The first-order valence-electron chi connectivity index (χ1n) is 6.54. The number of primary amides is 1. The van der Waals surface area contributed by atoms with Crippen molar-refractivity contribution in [1.29, 1.82) is 0 Å². The molecular formula is C16H17ClN2O2. The first-order chi connectivity index (χ1) is 9.88. The average Bonchev–Trinajstić information content (AvgIpc) is 2.40. The lowest BCUT2D eigenvalue weighted by molar-refractivity contribution is 0.100. The van der Waals surface area contributed by atoms with Gasteiger partial charge in [0.1, 0.15) is 5.75 Å². The van der Waals surface area contributed by atoms with Crippen LogP contribution in [0.2, 0.25) is 5.02 Å². The summed E-state index contributed by atoms with van der Waals surface area (Å²) in [5.41, 5.74) is 7.97. The molecular weight excluding hydrogens is 288 g/mol. The lowest BCUT2D eigenvalue weighted by atomic mass is 10.0. The Hall–Kier alpha value is -2.20. The van der Waals surface area contributed by atoms with Crippen LogP contribution in [0.4, 0.5) is 5.69 Å². The third kappa shape index (κ3) is 3.47. The number of hydrogen-bond acceptors (Lipinski definition) is 3. The summed E-state index contributed by atoms with van der Waals surface area (Å²) < 4.78 is 0. The third-order valence-corrected chi connectivity index (χ3v) is 3.60. The minimum Gasteiger partial charge on any atom is -0.508 e. The van der Waals surface area contributed by atoms with Crippen LogP contribution in [0.15, 0.2) is 36.4 Å². The van der Waals surface area contributed by atoms with Crippen molar-refractivity contribution in [3.8, 4) is 5.75 Å². The number of nitrogens with one attached hydrogen (secondary N) is 1. The second kappa shape index (κ2) is 6.06. The molecule has 4 nitrogen and oxygen atoms in total. The van der Waals surface area contributed by atoms with Crippen molar-refractivity contribution in [1.82, 2.24) is 0 Å². The molecule has 0 radical (unpaired) electrons. The summed E-state index contributed by atoms with van der Waals surface area (Å²) in [7, 11) is 0. The summed E-state index contributed by atoms with van der Waals surface area (Å²) >= 11 is 6.12. The minimum absolute atomic E-state index is 0.175. The predicted octanol–water partition coefficient (Wildman–Crippen LogP) is 3.63. The van der Waals surface area contributed by atoms with E-state index < -0.39 is 5.91 Å². The van der Waals surface area contributed by atoms with Crippen LogP contribution in [0.5, 0.6) is 5.75 Å². The second-order valence-corrected chi connectivity index (χ2v) is 5.39. The number of nitrogens with two attached hydrogens (primary N) is 1. The van der Waals surface area contributed by atoms with Crippen molar-refractivity contribution < 1.29 is 9.90 Å². The standard InChI is InChI=1S/C16H17ClN2O2/c1-9-3-5-12(15(20)7-9)10(2)19-14-8-11(16(18)21)4-6-13(14)17/h3-8,10,19-20H,1-2H3,(H2,18,21). The summed E-state index contributed by atoms with van der Waals surface area (Å²) in [6.45, 7) is 3.81. The van der Waals surface area contributed by atoms with E-state index in [4.69, 9.17) is 17.3 Å². The van der Waals surface area contributed by atoms with E-state index >= 15 is 0 Å². The molecule has 0 saturated carbocycles. The Morgan fingerprint density at radius 2 is 2.00 bits per heavy atom. The molecule has 0 bridgehead atoms. The van der Waals surface area contributed by atoms with Crippen LogP contribution >= 0.6 is 11.6 Å². The fourth-order valence-corrected chi connectivity index (χ4v) is 2.29. The normalized spacial score (nSPS) is 12.0. The number of phenolic OH excluding ortho intramolecular Hbond substituents is 1. The summed E-state index contributed by atoms with van der Waals surface area (Å²) in [6.07, 6.45) is 0. The molecule has 0 saturated heterocycles. The van der Waals surface area contributed by atoms with Crippen LogP contribution in [-0.2, 0) is 0 Å². The van der Waals surface area contributed by atoms with Crippen molar-refractivity contribution >= 4 is 23.2 Å². The van der Waals surface area contributed by atoms with E-state index in [0.717, 1.165) is 11.1 Å². The zero-order valence-corrected chi connectivity index (χ0v) is 12.6. The number of rotatable bonds is 4. The van der Waals surface area contributed by atoms with Gasteiger partial charge in [-0.05, 0) is 43.7 Å². The van der Waals surface area contributed by atoms with Gasteiger partial charge < -0.3 is 16.2 Å². The highest BCUT2D eigenvalue weighted by atomic mass is 35.5. The number of hydrogen-bond donors (Lipinski definition) is 3. The molecule has 21 heavy (non-hydrogen) atoms. The van der Waals surface area contributed by atoms with Crippen molar-refractivity contribution in [3.63, 3.8) is 0 Å². The molecule has 5 heteroatoms. The van der Waals surface area contributed by atoms with Crippen LogP contribution in [0.3, 0.4) is 0 Å². The SMILES string of the molecule is Cc1ccc(C(C)Nc2cc(C(N)=O)ccc2Cl)c(O)c1. The van der Waals surface area contributed by atoms with E-state index in [9.17, 15) is 9.90 Å². The van der Waals surface area contributed by atoms with Gasteiger partial charge in [0.25, 0.3) is 0 Å². The van der Waals surface area contributed by atoms with Gasteiger partial charge in [0.2, 0.25) is 5.91 Å². The molecule has 4 N–H and O–H groups in total. The molecule has 0 aliphatic rings. The van der Waals surface area contributed by atoms with E-state index in [-0.39, 0.29) is 11.8 Å². The maximum Gasteiger partial charge on any atom is 0.248 e. The number of carbonyl (C=O) groups excluding carboxylic acids is 1. The van der Waals surface area contributed by atoms with Crippen LogP contribution in [0.25, 0.3) is 0 Å². The number of anilines is 1. The first-order valence-corrected chi connectivity index (χ1v) is 6.91. The van der Waals surface area contributed by atoms with E-state index in [2.05, 4.69) is 5.32 Å². The second-order valence-electron chi connectivity index (χ2n) is 4.99. The number of phenols is 1. The molecule has 2 aromatic carbocycles. The van der Waals surface area contributed by atoms with E-state index in [1.165, 1.54) is 0 Å². The number of halogens is 1. The Kier molecular flexibility index (Phi) is 4.38. The lowest BCUT2D eigenvalue weighted by Gasteiger charge is -2.18. The smallest absolute Gasteiger partial charge is 0.248 e. The Morgan fingerprint density at radius 1 is 1.29 bits per heavy atom. The number of carbonyl (C=O) groups is 1. The van der Waals surface area contributed by atoms with Gasteiger partial charge in [-0.25, -0.2) is 0 Å². The summed E-state index contributed by atoms with van der Waals surface area (Å²) in [4.78, 5) is 11.2. The third-order valence-electron chi connectivity index (χ3n) is 3.28. The highest BCUT2D eigenvalue weighted by Crippen LogP contribution is 2.31. The highest BCUT2D eigenvalue weighted by Gasteiger charge is 2.13. The molecule has 0 spiro atoms. The van der Waals surface area contributed by atoms with Crippen LogP contribution < -0.4 is 11.1 Å². The van der Waals surface area contributed by atoms with Crippen molar-refractivity contribution in [3.05, 3.63) is 58.1 Å². The lowest BCUT2D eigenvalue weighted by Crippen LogP contribution is -2.12. The number of aryl methyl sites for hydroxylation is 1. The van der Waals surface area contributed by atoms with E-state index in [1.54, 1.807) is 24.3 Å². The number of aromatic hydroxyl groups is 1. The monoisotopic (exact) mass is 304 g/mol. The van der Waals surface area contributed by atoms with Crippen molar-refractivity contribution in [2.45, 2.75) is 19.9 Å². The molecule has 0 aromatic heterocycles. The van der Waals surface area contributed by atoms with Crippen molar-refractivity contribution in [2.24, 2.45) is 5.73 Å². The quantitative estimate of drug-likeness (QED) is 0.807. The van der Waals surface area contributed by atoms with Gasteiger partial charge in [-0.1, -0.05) is 23.7 Å². The summed E-state index contributed by atoms with van der Waals surface area (Å²) in [5.74, 6) is -0.294. The van der Waals surface area contributed by atoms with Gasteiger partial charge in [0.05, 0.1) is 16.8 Å².